The van der Waals surface area contributed by atoms with E-state index in [9.17, 15) is 4.79 Å². The van der Waals surface area contributed by atoms with Gasteiger partial charge in [0, 0.05) is 6.54 Å². The highest BCUT2D eigenvalue weighted by atomic mass is 16.4. The third kappa shape index (κ3) is 4.65. The van der Waals surface area contributed by atoms with Gasteiger partial charge in [-0.1, -0.05) is 26.7 Å². The van der Waals surface area contributed by atoms with E-state index in [0.717, 1.165) is 18.4 Å². The van der Waals surface area contributed by atoms with E-state index in [4.69, 9.17) is 5.11 Å². The smallest absolute Gasteiger partial charge is 0.307 e. The maximum Gasteiger partial charge on any atom is 0.307 e. The minimum atomic E-state index is -0.709. The third-order valence-corrected chi connectivity index (χ3v) is 3.35. The summed E-state index contributed by atoms with van der Waals surface area (Å²) in [5, 5.41) is 12.0. The first-order chi connectivity index (χ1) is 7.09. The average Bonchev–Trinajstić information content (AvgIpc) is 2.17. The fourth-order valence-corrected chi connectivity index (χ4v) is 2.34. The predicted octanol–water partition coefficient (Wildman–Crippen LogP) is 2.12. The van der Waals surface area contributed by atoms with Gasteiger partial charge in [0.15, 0.2) is 0 Å². The highest BCUT2D eigenvalue weighted by Gasteiger charge is 2.19. The zero-order chi connectivity index (χ0) is 11.3. The summed E-state index contributed by atoms with van der Waals surface area (Å²) in [5.74, 6) is 0.628. The van der Waals surface area contributed by atoms with Gasteiger partial charge in [0.25, 0.3) is 0 Å². The molecule has 1 aliphatic rings. The highest BCUT2D eigenvalue weighted by Crippen LogP contribution is 2.27. The van der Waals surface area contributed by atoms with Crippen LogP contribution in [0.25, 0.3) is 0 Å². The first-order valence-corrected chi connectivity index (χ1v) is 6.03. The summed E-state index contributed by atoms with van der Waals surface area (Å²) in [5.41, 5.74) is 0. The second-order valence-corrected chi connectivity index (χ2v) is 5.04. The Balaban J connectivity index is 2.11. The van der Waals surface area contributed by atoms with Gasteiger partial charge in [0.1, 0.15) is 0 Å². The molecule has 0 spiro atoms. The Hall–Kier alpha value is -0.570. The molecule has 0 bridgehead atoms. The molecule has 0 saturated heterocycles. The number of carboxylic acid groups (broad SMARTS) is 1. The normalized spacial score (nSPS) is 28.7. The lowest BCUT2D eigenvalue weighted by molar-refractivity contribution is -0.140. The second kappa shape index (κ2) is 6.11. The minimum absolute atomic E-state index is 0.272. The van der Waals surface area contributed by atoms with Gasteiger partial charge in [-0.3, -0.25) is 4.79 Å². The predicted molar refractivity (Wildman–Crippen MR) is 60.8 cm³/mol. The van der Waals surface area contributed by atoms with Crippen molar-refractivity contribution < 1.29 is 9.90 Å². The Bertz CT molecular complexity index is 206. The van der Waals surface area contributed by atoms with Crippen molar-refractivity contribution in [2.24, 2.45) is 17.8 Å². The summed E-state index contributed by atoms with van der Waals surface area (Å²) in [4.78, 5) is 10.6. The molecule has 1 aliphatic carbocycles. The molecule has 15 heavy (non-hydrogen) atoms. The molecule has 0 aliphatic heterocycles. The van der Waals surface area contributed by atoms with Crippen LogP contribution >= 0.6 is 0 Å². The van der Waals surface area contributed by atoms with Crippen LogP contribution in [0.2, 0.25) is 0 Å². The van der Waals surface area contributed by atoms with Crippen LogP contribution in [0.3, 0.4) is 0 Å². The highest BCUT2D eigenvalue weighted by molar-refractivity contribution is 5.69. The molecule has 3 unspecified atom stereocenters. The zero-order valence-electron chi connectivity index (χ0n) is 9.83. The molecule has 1 fully saturated rings. The molecule has 2 N–H and O–H groups in total. The van der Waals surface area contributed by atoms with Crippen molar-refractivity contribution in [2.45, 2.75) is 39.5 Å². The van der Waals surface area contributed by atoms with Crippen molar-refractivity contribution in [1.29, 1.82) is 0 Å². The molecule has 1 saturated carbocycles. The molecule has 1 rings (SSSR count). The van der Waals surface area contributed by atoms with E-state index in [-0.39, 0.29) is 5.92 Å². The summed E-state index contributed by atoms with van der Waals surface area (Å²) in [7, 11) is 0. The van der Waals surface area contributed by atoms with E-state index in [0.29, 0.717) is 6.54 Å². The van der Waals surface area contributed by atoms with Crippen LogP contribution in [0.1, 0.15) is 39.5 Å². The van der Waals surface area contributed by atoms with E-state index in [1.165, 1.54) is 25.7 Å². The second-order valence-electron chi connectivity index (χ2n) is 5.04. The topological polar surface area (TPSA) is 49.3 Å². The molecule has 3 atom stereocenters. The maximum atomic E-state index is 10.6. The van der Waals surface area contributed by atoms with Crippen LogP contribution < -0.4 is 5.32 Å². The lowest BCUT2D eigenvalue weighted by atomic mass is 9.82. The average molecular weight is 213 g/mol. The Morgan fingerprint density at radius 3 is 2.87 bits per heavy atom. The van der Waals surface area contributed by atoms with Gasteiger partial charge in [-0.25, -0.2) is 0 Å². The first kappa shape index (κ1) is 12.5. The molecule has 0 aromatic rings. The molecule has 0 aromatic heterocycles. The third-order valence-electron chi connectivity index (χ3n) is 3.35. The minimum Gasteiger partial charge on any atom is -0.481 e. The van der Waals surface area contributed by atoms with Gasteiger partial charge in [-0.2, -0.15) is 0 Å². The van der Waals surface area contributed by atoms with E-state index in [1.807, 2.05) is 0 Å². The van der Waals surface area contributed by atoms with Crippen molar-refractivity contribution in [3.8, 4) is 0 Å². The summed E-state index contributed by atoms with van der Waals surface area (Å²) in [6, 6.07) is 0. The molecule has 3 heteroatoms. The van der Waals surface area contributed by atoms with Gasteiger partial charge in [-0.05, 0) is 31.2 Å². The van der Waals surface area contributed by atoms with Gasteiger partial charge in [0.2, 0.25) is 0 Å². The Morgan fingerprint density at radius 1 is 1.53 bits per heavy atom. The van der Waals surface area contributed by atoms with Crippen molar-refractivity contribution in [3.63, 3.8) is 0 Å². The fourth-order valence-electron chi connectivity index (χ4n) is 2.34. The van der Waals surface area contributed by atoms with Gasteiger partial charge in [0.05, 0.1) is 5.92 Å². The van der Waals surface area contributed by atoms with Crippen molar-refractivity contribution in [2.75, 3.05) is 13.1 Å². The summed E-state index contributed by atoms with van der Waals surface area (Å²) in [6.07, 6.45) is 5.30. The van der Waals surface area contributed by atoms with E-state index < -0.39 is 5.97 Å². The van der Waals surface area contributed by atoms with Gasteiger partial charge in [-0.15, -0.1) is 0 Å². The number of carboxylic acids is 1. The molecule has 0 heterocycles. The largest absolute Gasteiger partial charge is 0.481 e. The SMILES string of the molecule is CC1CCCC(CNCC(C)C(=O)O)C1. The van der Waals surface area contributed by atoms with Crippen LogP contribution in [0.5, 0.6) is 0 Å². The maximum absolute atomic E-state index is 10.6. The number of carbonyl (C=O) groups is 1. The van der Waals surface area contributed by atoms with Crippen LogP contribution in [-0.4, -0.2) is 24.2 Å². The Kier molecular flexibility index (Phi) is 5.09. The van der Waals surface area contributed by atoms with Gasteiger partial charge < -0.3 is 10.4 Å². The number of hydrogen-bond donors (Lipinski definition) is 2. The number of aliphatic carboxylic acids is 1. The molecule has 0 radical (unpaired) electrons. The Morgan fingerprint density at radius 2 is 2.27 bits per heavy atom. The zero-order valence-corrected chi connectivity index (χ0v) is 9.83. The van der Waals surface area contributed by atoms with E-state index in [1.54, 1.807) is 6.92 Å². The molecular formula is C12H23NO2. The number of hydrogen-bond acceptors (Lipinski definition) is 2. The lowest BCUT2D eigenvalue weighted by Gasteiger charge is -2.27. The summed E-state index contributed by atoms with van der Waals surface area (Å²) < 4.78 is 0. The van der Waals surface area contributed by atoms with Crippen molar-refractivity contribution in [3.05, 3.63) is 0 Å². The van der Waals surface area contributed by atoms with Crippen LogP contribution in [-0.2, 0) is 4.79 Å². The van der Waals surface area contributed by atoms with Crippen LogP contribution in [0, 0.1) is 17.8 Å². The van der Waals surface area contributed by atoms with Crippen LogP contribution in [0.4, 0.5) is 0 Å². The first-order valence-electron chi connectivity index (χ1n) is 6.03. The van der Waals surface area contributed by atoms with Gasteiger partial charge >= 0.3 is 5.97 Å². The number of nitrogens with one attached hydrogen (secondary N) is 1. The fraction of sp³-hybridized carbons (Fsp3) is 0.917. The quantitative estimate of drug-likeness (QED) is 0.735. The van der Waals surface area contributed by atoms with Crippen molar-refractivity contribution >= 4 is 5.97 Å². The summed E-state index contributed by atoms with van der Waals surface area (Å²) >= 11 is 0. The summed E-state index contributed by atoms with van der Waals surface area (Å²) in [6.45, 7) is 5.65. The molecule has 88 valence electrons. The van der Waals surface area contributed by atoms with Crippen LogP contribution in [0.15, 0.2) is 0 Å². The lowest BCUT2D eigenvalue weighted by Crippen LogP contribution is -2.32. The van der Waals surface area contributed by atoms with Crippen molar-refractivity contribution in [1.82, 2.24) is 5.32 Å². The number of rotatable bonds is 5. The Labute approximate surface area is 92.3 Å². The molecular weight excluding hydrogens is 190 g/mol. The molecule has 0 amide bonds. The molecule has 3 nitrogen and oxygen atoms in total. The molecule has 0 aromatic carbocycles. The van der Waals surface area contributed by atoms with E-state index >= 15 is 0 Å². The van der Waals surface area contributed by atoms with E-state index in [2.05, 4.69) is 12.2 Å². The monoisotopic (exact) mass is 213 g/mol. The standard InChI is InChI=1S/C12H23NO2/c1-9-4-3-5-11(6-9)8-13-7-10(2)12(14)15/h9-11,13H,3-8H2,1-2H3,(H,14,15).